The van der Waals surface area contributed by atoms with Gasteiger partial charge < -0.3 is 5.73 Å². The highest BCUT2D eigenvalue weighted by molar-refractivity contribution is 5.15. The molecule has 0 bridgehead atoms. The van der Waals surface area contributed by atoms with Crippen molar-refractivity contribution in [3.8, 4) is 0 Å². The van der Waals surface area contributed by atoms with E-state index in [1.807, 2.05) is 12.1 Å². The van der Waals surface area contributed by atoms with Crippen LogP contribution < -0.4 is 5.73 Å². The van der Waals surface area contributed by atoms with Gasteiger partial charge in [0, 0.05) is 6.54 Å². The first-order chi connectivity index (χ1) is 5.93. The number of rotatable bonds is 4. The molecule has 1 aromatic carbocycles. The second-order valence-corrected chi connectivity index (χ2v) is 2.73. The molecule has 1 aromatic rings. The van der Waals surface area contributed by atoms with Crippen molar-refractivity contribution in [1.29, 1.82) is 0 Å². The zero-order valence-corrected chi connectivity index (χ0v) is 7.24. The lowest BCUT2D eigenvalue weighted by Crippen LogP contribution is -1.92. The zero-order chi connectivity index (χ0) is 8.65. The average Bonchev–Trinajstić information content (AvgIpc) is 2.14. The standard InChI is InChI=1S/C11H15N/c12-10-6-2-5-9-11-7-3-1-4-8-11/h1-4,6-8H,5,9-10,12H2/b6-2+. The van der Waals surface area contributed by atoms with E-state index in [9.17, 15) is 0 Å². The lowest BCUT2D eigenvalue weighted by Gasteiger charge is -1.95. The maximum Gasteiger partial charge on any atom is 0.0106 e. The molecule has 0 aliphatic carbocycles. The van der Waals surface area contributed by atoms with Gasteiger partial charge in [0.15, 0.2) is 0 Å². The van der Waals surface area contributed by atoms with Crippen LogP contribution in [0.15, 0.2) is 42.5 Å². The van der Waals surface area contributed by atoms with Crippen molar-refractivity contribution in [3.63, 3.8) is 0 Å². The first kappa shape index (κ1) is 9.01. The molecule has 0 heterocycles. The first-order valence-electron chi connectivity index (χ1n) is 4.32. The van der Waals surface area contributed by atoms with Crippen molar-refractivity contribution in [3.05, 3.63) is 48.0 Å². The summed E-state index contributed by atoms with van der Waals surface area (Å²) in [5, 5.41) is 0. The summed E-state index contributed by atoms with van der Waals surface area (Å²) in [6.07, 6.45) is 6.33. The molecule has 64 valence electrons. The van der Waals surface area contributed by atoms with Crippen LogP contribution in [0.25, 0.3) is 0 Å². The number of aryl methyl sites for hydroxylation is 1. The van der Waals surface area contributed by atoms with Crippen LogP contribution in [0.4, 0.5) is 0 Å². The predicted octanol–water partition coefficient (Wildman–Crippen LogP) is 2.13. The highest BCUT2D eigenvalue weighted by atomic mass is 14.5. The van der Waals surface area contributed by atoms with Crippen molar-refractivity contribution in [1.82, 2.24) is 0 Å². The van der Waals surface area contributed by atoms with E-state index in [0.717, 1.165) is 12.8 Å². The molecule has 12 heavy (non-hydrogen) atoms. The molecule has 0 aliphatic heterocycles. The molecule has 1 rings (SSSR count). The molecule has 0 saturated heterocycles. The minimum absolute atomic E-state index is 0.648. The van der Waals surface area contributed by atoms with Crippen LogP contribution in [0.2, 0.25) is 0 Å². The monoisotopic (exact) mass is 161 g/mol. The normalized spacial score (nSPS) is 10.8. The van der Waals surface area contributed by atoms with Crippen molar-refractivity contribution in [2.24, 2.45) is 5.73 Å². The fourth-order valence-electron chi connectivity index (χ4n) is 1.11. The van der Waals surface area contributed by atoms with E-state index in [-0.39, 0.29) is 0 Å². The van der Waals surface area contributed by atoms with Crippen LogP contribution in [0.5, 0.6) is 0 Å². The maximum atomic E-state index is 5.32. The summed E-state index contributed by atoms with van der Waals surface area (Å²) in [4.78, 5) is 0. The SMILES string of the molecule is NC/C=C/CCc1ccccc1. The summed E-state index contributed by atoms with van der Waals surface area (Å²) in [5.74, 6) is 0. The van der Waals surface area contributed by atoms with E-state index >= 15 is 0 Å². The van der Waals surface area contributed by atoms with Crippen molar-refractivity contribution in [2.45, 2.75) is 12.8 Å². The van der Waals surface area contributed by atoms with E-state index in [1.165, 1.54) is 5.56 Å². The van der Waals surface area contributed by atoms with Gasteiger partial charge in [-0.2, -0.15) is 0 Å². The predicted molar refractivity (Wildman–Crippen MR) is 53.0 cm³/mol. The zero-order valence-electron chi connectivity index (χ0n) is 7.24. The Labute approximate surface area is 73.9 Å². The second kappa shape index (κ2) is 5.56. The number of benzene rings is 1. The molecular weight excluding hydrogens is 146 g/mol. The molecule has 1 nitrogen and oxygen atoms in total. The van der Waals surface area contributed by atoms with Gasteiger partial charge in [0.05, 0.1) is 0 Å². The molecule has 2 N–H and O–H groups in total. The fraction of sp³-hybridized carbons (Fsp3) is 0.273. The Morgan fingerprint density at radius 1 is 1.08 bits per heavy atom. The lowest BCUT2D eigenvalue weighted by atomic mass is 10.1. The van der Waals surface area contributed by atoms with Crippen LogP contribution in [-0.4, -0.2) is 6.54 Å². The van der Waals surface area contributed by atoms with Gasteiger partial charge in [-0.05, 0) is 18.4 Å². The molecule has 0 unspecified atom stereocenters. The van der Waals surface area contributed by atoms with Crippen LogP contribution in [0.1, 0.15) is 12.0 Å². The fourth-order valence-corrected chi connectivity index (χ4v) is 1.11. The third-order valence-corrected chi connectivity index (χ3v) is 1.75. The third-order valence-electron chi connectivity index (χ3n) is 1.75. The van der Waals surface area contributed by atoms with Gasteiger partial charge in [0.25, 0.3) is 0 Å². The van der Waals surface area contributed by atoms with Crippen LogP contribution >= 0.6 is 0 Å². The van der Waals surface area contributed by atoms with E-state index in [0.29, 0.717) is 6.54 Å². The van der Waals surface area contributed by atoms with Gasteiger partial charge in [0.1, 0.15) is 0 Å². The average molecular weight is 161 g/mol. The van der Waals surface area contributed by atoms with E-state index < -0.39 is 0 Å². The van der Waals surface area contributed by atoms with Gasteiger partial charge in [-0.1, -0.05) is 42.5 Å². The van der Waals surface area contributed by atoms with Crippen LogP contribution in [-0.2, 0) is 6.42 Å². The number of hydrogen-bond donors (Lipinski definition) is 1. The molecule has 1 heteroatoms. The summed E-state index contributed by atoms with van der Waals surface area (Å²) in [6, 6.07) is 10.5. The van der Waals surface area contributed by atoms with Gasteiger partial charge in [-0.15, -0.1) is 0 Å². The van der Waals surface area contributed by atoms with E-state index in [1.54, 1.807) is 0 Å². The molecule has 0 amide bonds. The lowest BCUT2D eigenvalue weighted by molar-refractivity contribution is 0.995. The maximum absolute atomic E-state index is 5.32. The molecule has 0 fully saturated rings. The Bertz CT molecular complexity index is 226. The number of allylic oxidation sites excluding steroid dienone is 1. The first-order valence-corrected chi connectivity index (χ1v) is 4.32. The van der Waals surface area contributed by atoms with Crippen molar-refractivity contribution < 1.29 is 0 Å². The Morgan fingerprint density at radius 2 is 1.83 bits per heavy atom. The van der Waals surface area contributed by atoms with E-state index in [4.69, 9.17) is 5.73 Å². The Morgan fingerprint density at radius 3 is 2.50 bits per heavy atom. The van der Waals surface area contributed by atoms with Gasteiger partial charge >= 0.3 is 0 Å². The summed E-state index contributed by atoms with van der Waals surface area (Å²) in [6.45, 7) is 0.648. The Kier molecular flexibility index (Phi) is 4.17. The van der Waals surface area contributed by atoms with Gasteiger partial charge in [-0.25, -0.2) is 0 Å². The molecule has 0 atom stereocenters. The summed E-state index contributed by atoms with van der Waals surface area (Å²) in [7, 11) is 0. The molecule has 0 spiro atoms. The molecule has 0 radical (unpaired) electrons. The summed E-state index contributed by atoms with van der Waals surface area (Å²) in [5.41, 5.74) is 6.71. The number of nitrogens with two attached hydrogens (primary N) is 1. The topological polar surface area (TPSA) is 26.0 Å². The minimum Gasteiger partial charge on any atom is -0.327 e. The smallest absolute Gasteiger partial charge is 0.0106 e. The summed E-state index contributed by atoms with van der Waals surface area (Å²) >= 11 is 0. The summed E-state index contributed by atoms with van der Waals surface area (Å²) < 4.78 is 0. The van der Waals surface area contributed by atoms with Crippen LogP contribution in [0, 0.1) is 0 Å². The quantitative estimate of drug-likeness (QED) is 0.673. The highest BCUT2D eigenvalue weighted by Crippen LogP contribution is 2.02. The van der Waals surface area contributed by atoms with E-state index in [2.05, 4.69) is 30.3 Å². The second-order valence-electron chi connectivity index (χ2n) is 2.73. The van der Waals surface area contributed by atoms with Crippen LogP contribution in [0.3, 0.4) is 0 Å². The third kappa shape index (κ3) is 3.35. The Hall–Kier alpha value is -1.08. The largest absolute Gasteiger partial charge is 0.327 e. The molecule has 0 aromatic heterocycles. The van der Waals surface area contributed by atoms with Gasteiger partial charge in [-0.3, -0.25) is 0 Å². The molecular formula is C11H15N. The Balaban J connectivity index is 2.29. The molecule has 0 aliphatic rings. The van der Waals surface area contributed by atoms with Gasteiger partial charge in [0.2, 0.25) is 0 Å². The van der Waals surface area contributed by atoms with Crippen molar-refractivity contribution in [2.75, 3.05) is 6.54 Å². The highest BCUT2D eigenvalue weighted by Gasteiger charge is 1.86. The number of hydrogen-bond acceptors (Lipinski definition) is 1. The van der Waals surface area contributed by atoms with Crippen molar-refractivity contribution >= 4 is 0 Å². The molecule has 0 saturated carbocycles. The minimum atomic E-state index is 0.648.